The molecule has 4 nitrogen and oxygen atoms in total. The quantitative estimate of drug-likeness (QED) is 0.513. The molecule has 1 aliphatic heterocycles. The summed E-state index contributed by atoms with van der Waals surface area (Å²) in [6.07, 6.45) is 0. The third-order valence-corrected chi connectivity index (χ3v) is 6.43. The van der Waals surface area contributed by atoms with Crippen LogP contribution in [0.5, 0.6) is 0 Å². The van der Waals surface area contributed by atoms with Crippen LogP contribution in [0.1, 0.15) is 27.5 Å². The van der Waals surface area contributed by atoms with E-state index in [9.17, 15) is 4.79 Å². The lowest BCUT2D eigenvalue weighted by Gasteiger charge is -2.40. The largest absolute Gasteiger partial charge is 0.378 e. The molecule has 1 saturated heterocycles. The van der Waals surface area contributed by atoms with Gasteiger partial charge in [0.2, 0.25) is 0 Å². The van der Waals surface area contributed by atoms with E-state index in [1.807, 2.05) is 48.2 Å². The van der Waals surface area contributed by atoms with Crippen LogP contribution in [0.25, 0.3) is 0 Å². The summed E-state index contributed by atoms with van der Waals surface area (Å²) < 4.78 is 1.08. The maximum atomic E-state index is 13.0. The van der Waals surface area contributed by atoms with E-state index < -0.39 is 0 Å². The van der Waals surface area contributed by atoms with Gasteiger partial charge in [-0.2, -0.15) is 0 Å². The number of carbonyl (C=O) groups is 1. The van der Waals surface area contributed by atoms with E-state index in [-0.39, 0.29) is 11.9 Å². The molecule has 1 fully saturated rings. The summed E-state index contributed by atoms with van der Waals surface area (Å²) in [5, 5.41) is 0. The molecule has 0 N–H and O–H groups in total. The fourth-order valence-electron chi connectivity index (χ4n) is 4.16. The summed E-state index contributed by atoms with van der Waals surface area (Å²) in [5.74, 6) is 0.116. The van der Waals surface area contributed by atoms with Crippen LogP contribution in [0.4, 0.5) is 5.69 Å². The SMILES string of the molecule is CN(C)c1ccc(C(=O)N2CCN([C@@H](c3ccccc3)c3ccc(Br)cc3)CC2)cc1. The molecule has 1 heterocycles. The van der Waals surface area contributed by atoms with Crippen molar-refractivity contribution in [1.29, 1.82) is 0 Å². The van der Waals surface area contributed by atoms with E-state index in [1.54, 1.807) is 0 Å². The maximum Gasteiger partial charge on any atom is 0.253 e. The normalized spacial score (nSPS) is 15.5. The summed E-state index contributed by atoms with van der Waals surface area (Å²) >= 11 is 3.54. The summed E-state index contributed by atoms with van der Waals surface area (Å²) in [6.45, 7) is 3.15. The van der Waals surface area contributed by atoms with Crippen molar-refractivity contribution in [2.75, 3.05) is 45.2 Å². The third-order valence-electron chi connectivity index (χ3n) is 5.90. The third kappa shape index (κ3) is 5.00. The van der Waals surface area contributed by atoms with Crippen molar-refractivity contribution in [3.63, 3.8) is 0 Å². The summed E-state index contributed by atoms with van der Waals surface area (Å²) in [6, 6.07) is 27.2. The number of hydrogen-bond acceptors (Lipinski definition) is 3. The molecule has 1 amide bonds. The number of piperazine rings is 1. The molecule has 3 aromatic rings. The molecule has 0 spiro atoms. The van der Waals surface area contributed by atoms with E-state index in [0.29, 0.717) is 0 Å². The lowest BCUT2D eigenvalue weighted by atomic mass is 9.96. The lowest BCUT2D eigenvalue weighted by Crippen LogP contribution is -2.49. The number of hydrogen-bond donors (Lipinski definition) is 0. The van der Waals surface area contributed by atoms with Crippen molar-refractivity contribution in [2.45, 2.75) is 6.04 Å². The Morgan fingerprint density at radius 2 is 1.39 bits per heavy atom. The van der Waals surface area contributed by atoms with Gasteiger partial charge in [-0.1, -0.05) is 58.4 Å². The Balaban J connectivity index is 1.48. The molecule has 4 rings (SSSR count). The first-order valence-corrected chi connectivity index (χ1v) is 11.4. The van der Waals surface area contributed by atoms with E-state index in [2.05, 4.69) is 75.4 Å². The van der Waals surface area contributed by atoms with Crippen molar-refractivity contribution in [3.05, 3.63) is 100 Å². The number of halogens is 1. The molecule has 0 saturated carbocycles. The highest BCUT2D eigenvalue weighted by Crippen LogP contribution is 2.30. The Bertz CT molecular complexity index is 995. The Morgan fingerprint density at radius 1 is 0.806 bits per heavy atom. The van der Waals surface area contributed by atoms with Crippen LogP contribution in [0, 0.1) is 0 Å². The minimum absolute atomic E-state index is 0.116. The Morgan fingerprint density at radius 3 is 1.97 bits per heavy atom. The maximum absolute atomic E-state index is 13.0. The zero-order chi connectivity index (χ0) is 21.8. The first-order chi connectivity index (χ1) is 15.0. The smallest absolute Gasteiger partial charge is 0.253 e. The van der Waals surface area contributed by atoms with Gasteiger partial charge >= 0.3 is 0 Å². The molecule has 1 atom stereocenters. The average Bonchev–Trinajstić information content (AvgIpc) is 2.81. The van der Waals surface area contributed by atoms with Crippen LogP contribution in [-0.4, -0.2) is 56.0 Å². The lowest BCUT2D eigenvalue weighted by molar-refractivity contribution is 0.0597. The second-order valence-electron chi connectivity index (χ2n) is 8.13. The van der Waals surface area contributed by atoms with Gasteiger partial charge in [0.25, 0.3) is 5.91 Å². The number of carbonyl (C=O) groups excluding carboxylic acids is 1. The van der Waals surface area contributed by atoms with Gasteiger partial charge in [0.05, 0.1) is 6.04 Å². The highest BCUT2D eigenvalue weighted by atomic mass is 79.9. The van der Waals surface area contributed by atoms with Crippen LogP contribution in [0.3, 0.4) is 0 Å². The Kier molecular flexibility index (Phi) is 6.73. The van der Waals surface area contributed by atoms with Crippen molar-refractivity contribution >= 4 is 27.5 Å². The number of benzene rings is 3. The highest BCUT2D eigenvalue weighted by Gasteiger charge is 2.28. The summed E-state index contributed by atoms with van der Waals surface area (Å²) in [7, 11) is 4.01. The molecule has 0 aliphatic carbocycles. The van der Waals surface area contributed by atoms with Crippen molar-refractivity contribution < 1.29 is 4.79 Å². The molecule has 0 unspecified atom stereocenters. The number of amides is 1. The van der Waals surface area contributed by atoms with Crippen molar-refractivity contribution in [1.82, 2.24) is 9.80 Å². The number of rotatable bonds is 5. The van der Waals surface area contributed by atoms with Crippen LogP contribution in [-0.2, 0) is 0 Å². The van der Waals surface area contributed by atoms with Gasteiger partial charge in [0.1, 0.15) is 0 Å². The van der Waals surface area contributed by atoms with Crippen LogP contribution in [0.15, 0.2) is 83.3 Å². The molecule has 0 bridgehead atoms. The standard InChI is InChI=1S/C26H28BrN3O/c1-28(2)24-14-10-22(11-15-24)26(31)30-18-16-29(17-19-30)25(20-6-4-3-5-7-20)21-8-12-23(27)13-9-21/h3-15,25H,16-19H2,1-2H3/t25-/m0/s1. The zero-order valence-electron chi connectivity index (χ0n) is 18.0. The van der Waals surface area contributed by atoms with Gasteiger partial charge in [-0.05, 0) is 47.5 Å². The van der Waals surface area contributed by atoms with Crippen LogP contribution >= 0.6 is 15.9 Å². The summed E-state index contributed by atoms with van der Waals surface area (Å²) in [4.78, 5) is 19.5. The van der Waals surface area contributed by atoms with Crippen molar-refractivity contribution in [3.8, 4) is 0 Å². The van der Waals surface area contributed by atoms with Gasteiger partial charge in [-0.15, -0.1) is 0 Å². The molecular formula is C26H28BrN3O. The van der Waals surface area contributed by atoms with Crippen molar-refractivity contribution in [2.24, 2.45) is 0 Å². The average molecular weight is 478 g/mol. The second-order valence-corrected chi connectivity index (χ2v) is 9.05. The monoisotopic (exact) mass is 477 g/mol. The predicted octanol–water partition coefficient (Wildman–Crippen LogP) is 5.06. The number of anilines is 1. The van der Waals surface area contributed by atoms with Crippen LogP contribution in [0.2, 0.25) is 0 Å². The molecule has 0 aromatic heterocycles. The van der Waals surface area contributed by atoms with E-state index in [1.165, 1.54) is 11.1 Å². The molecular weight excluding hydrogens is 450 g/mol. The summed E-state index contributed by atoms with van der Waals surface area (Å²) in [5.41, 5.74) is 4.41. The minimum atomic E-state index is 0.116. The Hall–Kier alpha value is -2.63. The first kappa shape index (κ1) is 21.6. The molecule has 0 radical (unpaired) electrons. The van der Waals surface area contributed by atoms with Gasteiger partial charge in [-0.3, -0.25) is 9.69 Å². The van der Waals surface area contributed by atoms with Crippen LogP contribution < -0.4 is 4.90 Å². The van der Waals surface area contributed by atoms with Gasteiger partial charge < -0.3 is 9.80 Å². The molecule has 160 valence electrons. The predicted molar refractivity (Wildman–Crippen MR) is 131 cm³/mol. The second kappa shape index (κ2) is 9.67. The zero-order valence-corrected chi connectivity index (χ0v) is 19.6. The van der Waals surface area contributed by atoms with E-state index >= 15 is 0 Å². The number of nitrogens with zero attached hydrogens (tertiary/aromatic N) is 3. The van der Waals surface area contributed by atoms with E-state index in [0.717, 1.165) is 41.9 Å². The fourth-order valence-corrected chi connectivity index (χ4v) is 4.43. The fraction of sp³-hybridized carbons (Fsp3) is 0.269. The minimum Gasteiger partial charge on any atom is -0.378 e. The highest BCUT2D eigenvalue weighted by molar-refractivity contribution is 9.10. The van der Waals surface area contributed by atoms with Gasteiger partial charge in [-0.25, -0.2) is 0 Å². The molecule has 31 heavy (non-hydrogen) atoms. The molecule has 5 heteroatoms. The van der Waals surface area contributed by atoms with Gasteiger partial charge in [0.15, 0.2) is 0 Å². The van der Waals surface area contributed by atoms with Gasteiger partial charge in [0, 0.05) is 56.0 Å². The Labute approximate surface area is 193 Å². The topological polar surface area (TPSA) is 26.8 Å². The first-order valence-electron chi connectivity index (χ1n) is 10.6. The van der Waals surface area contributed by atoms with E-state index in [4.69, 9.17) is 0 Å². The molecule has 3 aromatic carbocycles. The molecule has 1 aliphatic rings.